The van der Waals surface area contributed by atoms with Crippen LogP contribution in [0.3, 0.4) is 0 Å². The zero-order valence-corrected chi connectivity index (χ0v) is 13.7. The molecule has 0 radical (unpaired) electrons. The third-order valence-electron chi connectivity index (χ3n) is 3.50. The molecule has 0 amide bonds. The average molecular weight is 365 g/mol. The van der Waals surface area contributed by atoms with Crippen LogP contribution in [0.15, 0.2) is 21.5 Å². The predicted molar refractivity (Wildman–Crippen MR) is 79.1 cm³/mol. The molecular weight excluding hydrogens is 348 g/mol. The quantitative estimate of drug-likeness (QED) is 0.782. The lowest BCUT2D eigenvalue weighted by Crippen LogP contribution is -2.62. The molecule has 0 unspecified atom stereocenters. The Labute approximate surface area is 126 Å². The molecule has 1 saturated heterocycles. The number of anilines is 1. The molecule has 1 aromatic carbocycles. The highest BCUT2D eigenvalue weighted by Gasteiger charge is 2.46. The number of nitrogens with zero attached hydrogens (tertiary/aromatic N) is 1. The number of nitrogens with two attached hydrogens (primary N) is 1. The summed E-state index contributed by atoms with van der Waals surface area (Å²) in [4.78, 5) is 0.0128. The molecule has 0 spiro atoms. The zero-order valence-electron chi connectivity index (χ0n) is 11.3. The first-order chi connectivity index (χ1) is 9.23. The lowest BCUT2D eigenvalue weighted by molar-refractivity contribution is -0.0613. The second-order valence-electron chi connectivity index (χ2n) is 4.88. The minimum absolute atomic E-state index is 0.0128. The summed E-state index contributed by atoms with van der Waals surface area (Å²) in [6.07, 6.45) is 0.513. The van der Waals surface area contributed by atoms with Gasteiger partial charge in [0.15, 0.2) is 0 Å². The van der Waals surface area contributed by atoms with Gasteiger partial charge in [-0.25, -0.2) is 8.42 Å². The van der Waals surface area contributed by atoms with Crippen LogP contribution < -0.4 is 10.5 Å². The number of rotatable bonds is 4. The fourth-order valence-corrected chi connectivity index (χ4v) is 4.15. The van der Waals surface area contributed by atoms with E-state index in [2.05, 4.69) is 15.9 Å². The van der Waals surface area contributed by atoms with E-state index in [1.165, 1.54) is 23.5 Å². The van der Waals surface area contributed by atoms with Crippen molar-refractivity contribution in [1.29, 1.82) is 0 Å². The van der Waals surface area contributed by atoms with Crippen LogP contribution >= 0.6 is 15.9 Å². The molecule has 0 atom stereocenters. The average Bonchev–Trinajstić information content (AvgIpc) is 2.37. The maximum Gasteiger partial charge on any atom is 0.247 e. The van der Waals surface area contributed by atoms with Crippen molar-refractivity contribution < 1.29 is 18.3 Å². The molecule has 1 fully saturated rings. The fourth-order valence-electron chi connectivity index (χ4n) is 2.05. The number of nitrogen functional groups attached to an aromatic ring is 1. The summed E-state index contributed by atoms with van der Waals surface area (Å²) < 4.78 is 32.0. The lowest BCUT2D eigenvalue weighted by atomic mass is 9.94. The van der Waals surface area contributed by atoms with Crippen LogP contribution in [0.2, 0.25) is 0 Å². The van der Waals surface area contributed by atoms with Crippen molar-refractivity contribution in [3.8, 4) is 5.75 Å². The van der Waals surface area contributed by atoms with E-state index in [9.17, 15) is 13.5 Å². The van der Waals surface area contributed by atoms with Gasteiger partial charge in [-0.3, -0.25) is 0 Å². The highest BCUT2D eigenvalue weighted by atomic mass is 79.9. The van der Waals surface area contributed by atoms with Crippen molar-refractivity contribution in [3.63, 3.8) is 0 Å². The summed E-state index contributed by atoms with van der Waals surface area (Å²) in [5, 5.41) is 9.96. The summed E-state index contributed by atoms with van der Waals surface area (Å²) in [6, 6.07) is 2.88. The Balaban J connectivity index is 2.39. The Morgan fingerprint density at radius 2 is 2.10 bits per heavy atom. The Morgan fingerprint density at radius 1 is 1.50 bits per heavy atom. The molecule has 8 heteroatoms. The van der Waals surface area contributed by atoms with E-state index in [4.69, 9.17) is 10.5 Å². The molecule has 1 aliphatic heterocycles. The Bertz CT molecular complexity index is 627. The van der Waals surface area contributed by atoms with E-state index in [1.807, 2.05) is 6.92 Å². The van der Waals surface area contributed by atoms with Gasteiger partial charge >= 0.3 is 0 Å². The Hall–Kier alpha value is -0.830. The number of halogens is 1. The first-order valence-electron chi connectivity index (χ1n) is 6.09. The van der Waals surface area contributed by atoms with Crippen LogP contribution in [0, 0.1) is 0 Å². The highest BCUT2D eigenvalue weighted by molar-refractivity contribution is 9.10. The third kappa shape index (κ3) is 2.52. The molecule has 0 aromatic heterocycles. The van der Waals surface area contributed by atoms with Crippen molar-refractivity contribution in [2.24, 2.45) is 0 Å². The van der Waals surface area contributed by atoms with Crippen LogP contribution in [0.5, 0.6) is 5.75 Å². The first-order valence-corrected chi connectivity index (χ1v) is 8.32. The number of benzene rings is 1. The largest absolute Gasteiger partial charge is 0.495 e. The zero-order chi connectivity index (χ0) is 15.1. The smallest absolute Gasteiger partial charge is 0.247 e. The van der Waals surface area contributed by atoms with Crippen molar-refractivity contribution in [2.45, 2.75) is 23.8 Å². The van der Waals surface area contributed by atoms with Gasteiger partial charge in [0.05, 0.1) is 12.7 Å². The topological polar surface area (TPSA) is 92.9 Å². The van der Waals surface area contributed by atoms with Gasteiger partial charge in [-0.05, 0) is 34.5 Å². The summed E-state index contributed by atoms with van der Waals surface area (Å²) in [7, 11) is -2.32. The molecule has 2 rings (SSSR count). The molecule has 6 nitrogen and oxygen atoms in total. The molecule has 1 aliphatic rings. The minimum atomic E-state index is -3.72. The van der Waals surface area contributed by atoms with Crippen LogP contribution in [0.1, 0.15) is 13.3 Å². The highest BCUT2D eigenvalue weighted by Crippen LogP contribution is 2.37. The van der Waals surface area contributed by atoms with Gasteiger partial charge in [0.25, 0.3) is 0 Å². The number of hydrogen-bond acceptors (Lipinski definition) is 5. The van der Waals surface area contributed by atoms with Gasteiger partial charge < -0.3 is 15.6 Å². The van der Waals surface area contributed by atoms with E-state index in [1.54, 1.807) is 0 Å². The maximum absolute atomic E-state index is 12.5. The second kappa shape index (κ2) is 5.18. The molecule has 0 aliphatic carbocycles. The first kappa shape index (κ1) is 15.6. The monoisotopic (exact) mass is 364 g/mol. The van der Waals surface area contributed by atoms with Gasteiger partial charge in [0.1, 0.15) is 10.6 Å². The summed E-state index contributed by atoms with van der Waals surface area (Å²) >= 11 is 3.23. The number of β-amino-alcohol motifs (C(OH)–C–C–N with tert-alkyl or cyclic N) is 1. The van der Waals surface area contributed by atoms with Crippen LogP contribution in [-0.4, -0.2) is 43.6 Å². The van der Waals surface area contributed by atoms with Gasteiger partial charge in [-0.1, -0.05) is 6.92 Å². The van der Waals surface area contributed by atoms with Crippen LogP contribution in [0.25, 0.3) is 0 Å². The van der Waals surface area contributed by atoms with Crippen molar-refractivity contribution in [1.82, 2.24) is 4.31 Å². The van der Waals surface area contributed by atoms with Crippen LogP contribution in [0.4, 0.5) is 5.69 Å². The van der Waals surface area contributed by atoms with E-state index < -0.39 is 15.6 Å². The second-order valence-corrected chi connectivity index (χ2v) is 7.64. The number of ether oxygens (including phenoxy) is 1. The SMILES string of the molecule is CCC1(O)CN(S(=O)(=O)c2cc(N)c(Br)cc2OC)C1. The summed E-state index contributed by atoms with van der Waals surface area (Å²) in [5.41, 5.74) is 5.13. The lowest BCUT2D eigenvalue weighted by Gasteiger charge is -2.44. The molecule has 1 heterocycles. The molecule has 0 bridgehead atoms. The van der Waals surface area contributed by atoms with Gasteiger partial charge in [0.2, 0.25) is 10.0 Å². The third-order valence-corrected chi connectivity index (χ3v) is 6.00. The van der Waals surface area contributed by atoms with E-state index in [-0.39, 0.29) is 23.7 Å². The molecular formula is C12H17BrN2O4S. The van der Waals surface area contributed by atoms with Crippen LogP contribution in [-0.2, 0) is 10.0 Å². The normalized spacial score (nSPS) is 18.6. The van der Waals surface area contributed by atoms with Gasteiger partial charge in [0, 0.05) is 23.2 Å². The number of methoxy groups -OCH3 is 1. The van der Waals surface area contributed by atoms with E-state index in [0.717, 1.165) is 0 Å². The fraction of sp³-hybridized carbons (Fsp3) is 0.500. The minimum Gasteiger partial charge on any atom is -0.495 e. The van der Waals surface area contributed by atoms with E-state index >= 15 is 0 Å². The van der Waals surface area contributed by atoms with Crippen molar-refractivity contribution >= 4 is 31.6 Å². The number of sulfonamides is 1. The predicted octanol–water partition coefficient (Wildman–Crippen LogP) is 1.19. The van der Waals surface area contributed by atoms with Gasteiger partial charge in [-0.2, -0.15) is 4.31 Å². The number of aliphatic hydroxyl groups is 1. The molecule has 20 heavy (non-hydrogen) atoms. The van der Waals surface area contributed by atoms with Crippen molar-refractivity contribution in [3.05, 3.63) is 16.6 Å². The maximum atomic E-state index is 12.5. The Morgan fingerprint density at radius 3 is 2.60 bits per heavy atom. The van der Waals surface area contributed by atoms with Gasteiger partial charge in [-0.15, -0.1) is 0 Å². The van der Waals surface area contributed by atoms with E-state index in [0.29, 0.717) is 16.6 Å². The number of hydrogen-bond donors (Lipinski definition) is 2. The molecule has 3 N–H and O–H groups in total. The van der Waals surface area contributed by atoms with Crippen molar-refractivity contribution in [2.75, 3.05) is 25.9 Å². The summed E-state index contributed by atoms with van der Waals surface area (Å²) in [5.74, 6) is 0.220. The standard InChI is InChI=1S/C12H17BrN2O4S/c1-3-12(16)6-15(7-12)20(17,18)11-5-9(14)8(13)4-10(11)19-2/h4-5,16H,3,6-7,14H2,1-2H3. The molecule has 1 aromatic rings. The Kier molecular flexibility index (Phi) is 4.03. The molecule has 0 saturated carbocycles. The molecule has 112 valence electrons. The summed E-state index contributed by atoms with van der Waals surface area (Å²) in [6.45, 7) is 2.00.